The standard InChI is InChI=1S/C31H26ClN3O6S/c1-18(2)41-30(37)27-19(3)33-31-34(28(27)24-6-4-5-7-25(24)32)29(36)26(42-31)16-20-10-14-23(15-11-20)40-17-21-8-12-22(13-9-21)35(38)39/h4-16,18,28H,17H2,1-3H3. The molecule has 0 fully saturated rings. The van der Waals surface area contributed by atoms with Gasteiger partial charge in [-0.25, -0.2) is 9.79 Å². The number of allylic oxidation sites excluding steroid dienone is 1. The number of aromatic nitrogens is 1. The Hall–Kier alpha value is -4.54. The molecule has 1 aliphatic rings. The monoisotopic (exact) mass is 603 g/mol. The predicted octanol–water partition coefficient (Wildman–Crippen LogP) is 5.33. The summed E-state index contributed by atoms with van der Waals surface area (Å²) in [5.74, 6) is 0.0596. The van der Waals surface area contributed by atoms with Gasteiger partial charge in [0.1, 0.15) is 18.4 Å². The van der Waals surface area contributed by atoms with Crippen molar-refractivity contribution in [2.75, 3.05) is 0 Å². The van der Waals surface area contributed by atoms with Gasteiger partial charge >= 0.3 is 5.97 Å². The van der Waals surface area contributed by atoms with E-state index in [0.29, 0.717) is 31.4 Å². The van der Waals surface area contributed by atoms with Crippen molar-refractivity contribution in [1.29, 1.82) is 0 Å². The molecule has 0 spiro atoms. The Kier molecular flexibility index (Phi) is 8.37. The summed E-state index contributed by atoms with van der Waals surface area (Å²) in [5, 5.41) is 11.3. The van der Waals surface area contributed by atoms with Crippen LogP contribution in [0.5, 0.6) is 5.75 Å². The lowest BCUT2D eigenvalue weighted by Gasteiger charge is -2.26. The molecule has 214 valence electrons. The van der Waals surface area contributed by atoms with Crippen LogP contribution in [-0.4, -0.2) is 21.6 Å². The van der Waals surface area contributed by atoms with Gasteiger partial charge in [-0.1, -0.05) is 53.3 Å². The van der Waals surface area contributed by atoms with Gasteiger partial charge in [-0.15, -0.1) is 0 Å². The molecule has 0 N–H and O–H groups in total. The second-order valence-corrected chi connectivity index (χ2v) is 11.3. The van der Waals surface area contributed by atoms with Crippen molar-refractivity contribution < 1.29 is 19.2 Å². The maximum absolute atomic E-state index is 13.8. The summed E-state index contributed by atoms with van der Waals surface area (Å²) in [7, 11) is 0. The number of hydrogen-bond acceptors (Lipinski definition) is 8. The summed E-state index contributed by atoms with van der Waals surface area (Å²) < 4.78 is 13.3. The highest BCUT2D eigenvalue weighted by molar-refractivity contribution is 7.07. The van der Waals surface area contributed by atoms with Gasteiger partial charge in [-0.05, 0) is 73.9 Å². The number of carbonyl (C=O) groups is 1. The molecule has 0 saturated heterocycles. The minimum Gasteiger partial charge on any atom is -0.489 e. The van der Waals surface area contributed by atoms with E-state index in [2.05, 4.69) is 4.99 Å². The van der Waals surface area contributed by atoms with Crippen LogP contribution in [0.4, 0.5) is 5.69 Å². The van der Waals surface area contributed by atoms with Crippen molar-refractivity contribution in [3.63, 3.8) is 0 Å². The normalized spacial score (nSPS) is 14.9. The van der Waals surface area contributed by atoms with E-state index in [0.717, 1.165) is 11.1 Å². The highest BCUT2D eigenvalue weighted by atomic mass is 35.5. The van der Waals surface area contributed by atoms with Crippen LogP contribution in [0.15, 0.2) is 93.9 Å². The number of ether oxygens (including phenoxy) is 2. The van der Waals surface area contributed by atoms with Crippen molar-refractivity contribution in [3.05, 3.63) is 136 Å². The van der Waals surface area contributed by atoms with Crippen molar-refractivity contribution >= 4 is 40.7 Å². The minimum absolute atomic E-state index is 0.0217. The van der Waals surface area contributed by atoms with Crippen LogP contribution in [0, 0.1) is 10.1 Å². The highest BCUT2D eigenvalue weighted by Gasteiger charge is 2.34. The first-order chi connectivity index (χ1) is 20.1. The molecule has 1 aromatic heterocycles. The quantitative estimate of drug-likeness (QED) is 0.153. The predicted molar refractivity (Wildman–Crippen MR) is 160 cm³/mol. The second kappa shape index (κ2) is 12.1. The van der Waals surface area contributed by atoms with Crippen molar-refractivity contribution in [1.82, 2.24) is 4.57 Å². The summed E-state index contributed by atoms with van der Waals surface area (Å²) in [6.45, 7) is 5.51. The van der Waals surface area contributed by atoms with Gasteiger partial charge < -0.3 is 9.47 Å². The lowest BCUT2D eigenvalue weighted by atomic mass is 9.96. The highest BCUT2D eigenvalue weighted by Crippen LogP contribution is 2.34. The van der Waals surface area contributed by atoms with E-state index in [9.17, 15) is 19.7 Å². The first-order valence-corrected chi connectivity index (χ1v) is 14.3. The summed E-state index contributed by atoms with van der Waals surface area (Å²) in [6.07, 6.45) is 1.41. The van der Waals surface area contributed by atoms with Gasteiger partial charge in [-0.2, -0.15) is 0 Å². The minimum atomic E-state index is -0.793. The number of esters is 1. The molecular formula is C31H26ClN3O6S. The number of non-ortho nitro benzene ring substituents is 1. The summed E-state index contributed by atoms with van der Waals surface area (Å²) in [5.41, 5.74) is 2.63. The van der Waals surface area contributed by atoms with Crippen molar-refractivity contribution in [3.8, 4) is 5.75 Å². The topological polar surface area (TPSA) is 113 Å². The van der Waals surface area contributed by atoms with Crippen molar-refractivity contribution in [2.45, 2.75) is 39.5 Å². The van der Waals surface area contributed by atoms with Gasteiger partial charge in [0.05, 0.1) is 26.8 Å². The number of benzene rings is 3. The molecule has 1 unspecified atom stereocenters. The van der Waals surface area contributed by atoms with E-state index in [4.69, 9.17) is 21.1 Å². The molecule has 0 bridgehead atoms. The molecule has 0 radical (unpaired) electrons. The van der Waals surface area contributed by atoms with Crippen LogP contribution < -0.4 is 19.6 Å². The first kappa shape index (κ1) is 29.0. The van der Waals surface area contributed by atoms with Crippen LogP contribution in [0.1, 0.15) is 43.5 Å². The summed E-state index contributed by atoms with van der Waals surface area (Å²) in [6, 6.07) is 19.7. The van der Waals surface area contributed by atoms with Crippen LogP contribution >= 0.6 is 22.9 Å². The lowest BCUT2D eigenvalue weighted by Crippen LogP contribution is -2.40. The Morgan fingerprint density at radius 2 is 1.81 bits per heavy atom. The Morgan fingerprint density at radius 1 is 1.12 bits per heavy atom. The molecule has 0 saturated carbocycles. The second-order valence-electron chi connectivity index (χ2n) is 9.84. The average molecular weight is 604 g/mol. The lowest BCUT2D eigenvalue weighted by molar-refractivity contribution is -0.384. The summed E-state index contributed by atoms with van der Waals surface area (Å²) >= 11 is 7.80. The van der Waals surface area contributed by atoms with E-state index in [-0.39, 0.29) is 29.5 Å². The third-order valence-electron chi connectivity index (χ3n) is 6.51. The number of nitro groups is 1. The van der Waals surface area contributed by atoms with E-state index < -0.39 is 16.9 Å². The van der Waals surface area contributed by atoms with E-state index in [1.165, 1.54) is 28.0 Å². The fourth-order valence-electron chi connectivity index (χ4n) is 4.54. The van der Waals surface area contributed by atoms with Crippen LogP contribution in [0.25, 0.3) is 6.08 Å². The number of nitrogens with zero attached hydrogens (tertiary/aromatic N) is 3. The number of fused-ring (bicyclic) bond motifs is 1. The Balaban J connectivity index is 1.46. The molecule has 0 aliphatic carbocycles. The van der Waals surface area contributed by atoms with Crippen LogP contribution in [-0.2, 0) is 16.1 Å². The summed E-state index contributed by atoms with van der Waals surface area (Å²) in [4.78, 5) is 42.5. The third-order valence-corrected chi connectivity index (χ3v) is 7.84. The maximum atomic E-state index is 13.8. The van der Waals surface area contributed by atoms with E-state index in [1.807, 2.05) is 18.2 Å². The van der Waals surface area contributed by atoms with E-state index >= 15 is 0 Å². The number of thiazole rings is 1. The van der Waals surface area contributed by atoms with Crippen molar-refractivity contribution in [2.24, 2.45) is 4.99 Å². The van der Waals surface area contributed by atoms with E-state index in [1.54, 1.807) is 69.3 Å². The average Bonchev–Trinajstić information content (AvgIpc) is 3.26. The molecular weight excluding hydrogens is 578 g/mol. The zero-order valence-electron chi connectivity index (χ0n) is 22.9. The number of carbonyl (C=O) groups excluding carboxylic acids is 1. The van der Waals surface area contributed by atoms with Gasteiger partial charge in [0.25, 0.3) is 11.2 Å². The fraction of sp³-hybridized carbons (Fsp3) is 0.194. The molecule has 42 heavy (non-hydrogen) atoms. The number of rotatable bonds is 8. The third kappa shape index (κ3) is 6.05. The Labute approximate surface area is 249 Å². The molecule has 5 rings (SSSR count). The smallest absolute Gasteiger partial charge is 0.338 e. The Morgan fingerprint density at radius 3 is 2.45 bits per heavy atom. The van der Waals surface area contributed by atoms with Crippen LogP contribution in [0.2, 0.25) is 5.02 Å². The van der Waals surface area contributed by atoms with Gasteiger partial charge in [0.2, 0.25) is 0 Å². The number of halogens is 1. The molecule has 4 aromatic rings. The molecule has 1 aliphatic heterocycles. The van der Waals surface area contributed by atoms with Gasteiger partial charge in [-0.3, -0.25) is 19.5 Å². The Bertz CT molecular complexity index is 1880. The molecule has 3 aromatic carbocycles. The molecule has 2 heterocycles. The fourth-order valence-corrected chi connectivity index (χ4v) is 5.83. The SMILES string of the molecule is CC1=C(C(=O)OC(C)C)C(c2ccccc2Cl)n2c(sc(=Cc3ccc(OCc4ccc([N+](=O)[O-])cc4)cc3)c2=O)=N1. The van der Waals surface area contributed by atoms with Crippen LogP contribution in [0.3, 0.4) is 0 Å². The maximum Gasteiger partial charge on any atom is 0.338 e. The molecule has 1 atom stereocenters. The molecule has 9 nitrogen and oxygen atoms in total. The zero-order valence-corrected chi connectivity index (χ0v) is 24.5. The van der Waals surface area contributed by atoms with Gasteiger partial charge in [0, 0.05) is 17.2 Å². The first-order valence-electron chi connectivity index (χ1n) is 13.1. The largest absolute Gasteiger partial charge is 0.489 e. The number of nitro benzene ring substituents is 1. The zero-order chi connectivity index (χ0) is 30.0. The van der Waals surface area contributed by atoms with Gasteiger partial charge in [0.15, 0.2) is 4.80 Å². The number of hydrogen-bond donors (Lipinski definition) is 0. The molecule has 11 heteroatoms. The molecule has 0 amide bonds.